The Hall–Kier alpha value is 0.562. The average molecular weight is 553 g/mol. The Labute approximate surface area is 172 Å². The van der Waals surface area contributed by atoms with Crippen molar-refractivity contribution < 1.29 is 68.1 Å². The molecule has 22 heavy (non-hydrogen) atoms. The molecule has 2 aliphatic rings. The third-order valence-electron chi connectivity index (χ3n) is 4.19. The van der Waals surface area contributed by atoms with E-state index in [-0.39, 0.29) is 59.6 Å². The molecule has 1 saturated heterocycles. The van der Waals surface area contributed by atoms with Crippen molar-refractivity contribution in [3.63, 3.8) is 0 Å². The van der Waals surface area contributed by atoms with Gasteiger partial charge in [-0.3, -0.25) is 0 Å². The summed E-state index contributed by atoms with van der Waals surface area (Å²) in [6, 6.07) is 0. The molecular formula is C15H24N2O3WY-2. The molecule has 123 valence electrons. The molecule has 5 nitrogen and oxygen atoms in total. The van der Waals surface area contributed by atoms with Gasteiger partial charge in [0.15, 0.2) is 0 Å². The van der Waals surface area contributed by atoms with E-state index < -0.39 is 12.2 Å². The molecule has 1 aliphatic carbocycles. The van der Waals surface area contributed by atoms with E-state index in [9.17, 15) is 9.59 Å². The van der Waals surface area contributed by atoms with Crippen LogP contribution in [0.1, 0.15) is 38.5 Å². The average Bonchev–Trinajstić information content (AvgIpc) is 2.48. The summed E-state index contributed by atoms with van der Waals surface area (Å²) in [6.07, 6.45) is 5.52. The van der Waals surface area contributed by atoms with Crippen LogP contribution in [0.3, 0.4) is 0 Å². The van der Waals surface area contributed by atoms with Crippen LogP contribution in [0, 0.1) is 12.8 Å². The Morgan fingerprint density at radius 2 is 1.77 bits per heavy atom. The van der Waals surface area contributed by atoms with Gasteiger partial charge in [-0.2, -0.15) is 0 Å². The van der Waals surface area contributed by atoms with E-state index in [0.717, 1.165) is 12.8 Å². The van der Waals surface area contributed by atoms with Crippen molar-refractivity contribution in [3.05, 3.63) is 12.2 Å². The maximum absolute atomic E-state index is 12.0. The molecule has 1 radical (unpaired) electrons. The molecule has 1 saturated carbocycles. The molecule has 1 atom stereocenters. The summed E-state index contributed by atoms with van der Waals surface area (Å²) in [5.74, 6) is 0.203. The number of piperazine rings is 1. The van der Waals surface area contributed by atoms with Gasteiger partial charge in [0, 0.05) is 72.6 Å². The molecule has 2 fully saturated rings. The SMILES string of the molecule is [CH2-]C(=O)[C@H](CC1CCCCC1)OC(=O)N1CC[N-]CC1.[W].[Y]. The first-order chi connectivity index (χ1) is 9.66. The number of carbonyl (C=O) groups is 2. The molecule has 0 spiro atoms. The summed E-state index contributed by atoms with van der Waals surface area (Å²) in [7, 11) is 0. The monoisotopic (exact) mass is 553 g/mol. The second-order valence-corrected chi connectivity index (χ2v) is 5.74. The number of hydrogen-bond donors (Lipinski definition) is 0. The predicted molar refractivity (Wildman–Crippen MR) is 76.5 cm³/mol. The van der Waals surface area contributed by atoms with Crippen molar-refractivity contribution in [2.45, 2.75) is 44.6 Å². The van der Waals surface area contributed by atoms with E-state index >= 15 is 0 Å². The molecular weight excluding hydrogens is 529 g/mol. The quantitative estimate of drug-likeness (QED) is 0.504. The van der Waals surface area contributed by atoms with Gasteiger partial charge in [0.05, 0.1) is 0 Å². The standard InChI is InChI=1S/C15H24N2O3.W.Y/c1-12(18)14(11-13-5-3-2-4-6-13)20-15(19)17-9-7-16-8-10-17;;/h13-14H,1-11H2;;/q-2;;/t14-;;/m0../s1. The molecule has 1 aliphatic heterocycles. The van der Waals surface area contributed by atoms with Crippen LogP contribution in [0.5, 0.6) is 0 Å². The van der Waals surface area contributed by atoms with Gasteiger partial charge in [-0.15, -0.1) is 13.1 Å². The molecule has 0 aromatic heterocycles. The van der Waals surface area contributed by atoms with Gasteiger partial charge in [-0.25, -0.2) is 4.79 Å². The van der Waals surface area contributed by atoms with Crippen LogP contribution in [-0.2, 0) is 63.3 Å². The molecule has 2 rings (SSSR count). The van der Waals surface area contributed by atoms with Crippen molar-refractivity contribution in [1.29, 1.82) is 0 Å². The fourth-order valence-electron chi connectivity index (χ4n) is 2.96. The molecule has 0 unspecified atom stereocenters. The fourth-order valence-corrected chi connectivity index (χ4v) is 2.96. The van der Waals surface area contributed by atoms with Crippen molar-refractivity contribution in [2.75, 3.05) is 26.2 Å². The first-order valence-electron chi connectivity index (χ1n) is 7.61. The fraction of sp³-hybridized carbons (Fsp3) is 0.800. The third kappa shape index (κ3) is 7.42. The minimum absolute atomic E-state index is 0. The van der Waals surface area contributed by atoms with E-state index in [1.165, 1.54) is 19.3 Å². The van der Waals surface area contributed by atoms with Crippen LogP contribution in [0.4, 0.5) is 4.79 Å². The number of carbonyl (C=O) groups excluding carboxylic acids is 2. The summed E-state index contributed by atoms with van der Waals surface area (Å²) >= 11 is 0. The molecule has 1 amide bonds. The van der Waals surface area contributed by atoms with Crippen molar-refractivity contribution >= 4 is 11.9 Å². The minimum atomic E-state index is -0.676. The van der Waals surface area contributed by atoms with Gasteiger partial charge >= 0.3 is 6.09 Å². The smallest absolute Gasteiger partial charge is 0.410 e. The van der Waals surface area contributed by atoms with E-state index in [1.807, 2.05) is 0 Å². The van der Waals surface area contributed by atoms with Crippen LogP contribution in [0.15, 0.2) is 0 Å². The van der Waals surface area contributed by atoms with Crippen LogP contribution in [-0.4, -0.2) is 49.1 Å². The van der Waals surface area contributed by atoms with Crippen molar-refractivity contribution in [1.82, 2.24) is 4.90 Å². The largest absolute Gasteiger partial charge is 0.659 e. The van der Waals surface area contributed by atoms with Crippen LogP contribution in [0.2, 0.25) is 0 Å². The predicted octanol–water partition coefficient (Wildman–Crippen LogP) is 2.55. The maximum atomic E-state index is 12.0. The zero-order valence-corrected chi connectivity index (χ0v) is 18.8. The number of rotatable bonds is 4. The maximum Gasteiger partial charge on any atom is 0.410 e. The van der Waals surface area contributed by atoms with E-state index in [4.69, 9.17) is 4.74 Å². The van der Waals surface area contributed by atoms with E-state index in [2.05, 4.69) is 12.2 Å². The van der Waals surface area contributed by atoms with Crippen LogP contribution in [0.25, 0.3) is 5.32 Å². The Kier molecular flexibility index (Phi) is 12.3. The molecule has 1 heterocycles. The molecule has 0 aromatic carbocycles. The van der Waals surface area contributed by atoms with E-state index in [0.29, 0.717) is 38.5 Å². The van der Waals surface area contributed by atoms with Gasteiger partial charge in [0.2, 0.25) is 0 Å². The number of nitrogens with zero attached hydrogens (tertiary/aromatic N) is 2. The van der Waals surface area contributed by atoms with Gasteiger partial charge in [-0.1, -0.05) is 32.1 Å². The second-order valence-electron chi connectivity index (χ2n) is 5.74. The molecule has 0 bridgehead atoms. The Balaban J connectivity index is 0.00000220. The Bertz CT molecular complexity index is 346. The number of amides is 1. The zero-order valence-electron chi connectivity index (χ0n) is 13.0. The molecule has 0 aromatic rings. The van der Waals surface area contributed by atoms with Gasteiger partial charge < -0.3 is 26.7 Å². The second kappa shape index (κ2) is 12.0. The summed E-state index contributed by atoms with van der Waals surface area (Å²) in [6.45, 7) is 5.92. The molecule has 7 heteroatoms. The van der Waals surface area contributed by atoms with Crippen LogP contribution < -0.4 is 0 Å². The zero-order chi connectivity index (χ0) is 14.4. The Morgan fingerprint density at radius 1 is 1.18 bits per heavy atom. The third-order valence-corrected chi connectivity index (χ3v) is 4.19. The topological polar surface area (TPSA) is 60.7 Å². The van der Waals surface area contributed by atoms with Gasteiger partial charge in [0.25, 0.3) is 0 Å². The summed E-state index contributed by atoms with van der Waals surface area (Å²) < 4.78 is 5.39. The van der Waals surface area contributed by atoms with Gasteiger partial charge in [0.1, 0.15) is 6.10 Å². The van der Waals surface area contributed by atoms with Crippen LogP contribution >= 0.6 is 0 Å². The minimum Gasteiger partial charge on any atom is -0.659 e. The first-order valence-corrected chi connectivity index (χ1v) is 7.61. The summed E-state index contributed by atoms with van der Waals surface area (Å²) in [5.41, 5.74) is 0. The number of ketones is 1. The van der Waals surface area contributed by atoms with E-state index in [1.54, 1.807) is 4.90 Å². The Morgan fingerprint density at radius 3 is 2.32 bits per heavy atom. The normalized spacial score (nSPS) is 20.3. The van der Waals surface area contributed by atoms with Crippen molar-refractivity contribution in [3.8, 4) is 0 Å². The number of hydrogen-bond acceptors (Lipinski definition) is 3. The molecule has 0 N–H and O–H groups in total. The van der Waals surface area contributed by atoms with Crippen molar-refractivity contribution in [2.24, 2.45) is 5.92 Å². The number of ether oxygens (including phenoxy) is 1. The first kappa shape index (κ1) is 22.6. The summed E-state index contributed by atoms with van der Waals surface area (Å²) in [5, 5.41) is 4.19. The van der Waals surface area contributed by atoms with Gasteiger partial charge in [-0.05, 0) is 12.3 Å². The number of Topliss-reactive ketones (excluding diaryl/α,β-unsaturated/α-hetero) is 1. The summed E-state index contributed by atoms with van der Waals surface area (Å²) in [4.78, 5) is 25.3.